The first kappa shape index (κ1) is 11.9. The Kier molecular flexibility index (Phi) is 3.92. The van der Waals surface area contributed by atoms with E-state index in [1.165, 1.54) is 6.26 Å². The number of sulfonamides is 1. The molecule has 84 valence electrons. The van der Waals surface area contributed by atoms with Crippen LogP contribution in [0.4, 0.5) is 0 Å². The Morgan fingerprint density at radius 3 is 2.36 bits per heavy atom. The summed E-state index contributed by atoms with van der Waals surface area (Å²) < 4.78 is 24.2. The van der Waals surface area contributed by atoms with Gasteiger partial charge < -0.3 is 5.32 Å². The van der Waals surface area contributed by atoms with Crippen molar-refractivity contribution in [3.63, 3.8) is 0 Å². The quantitative estimate of drug-likeness (QED) is 0.701. The summed E-state index contributed by atoms with van der Waals surface area (Å²) in [5.74, 6) is 0.515. The Morgan fingerprint density at radius 1 is 1.36 bits per heavy atom. The Morgan fingerprint density at radius 2 is 1.93 bits per heavy atom. The molecule has 5 heteroatoms. The van der Waals surface area contributed by atoms with Gasteiger partial charge >= 0.3 is 0 Å². The molecule has 1 rings (SSSR count). The normalized spacial score (nSPS) is 27.7. The van der Waals surface area contributed by atoms with E-state index in [1.807, 2.05) is 0 Å². The van der Waals surface area contributed by atoms with Gasteiger partial charge in [-0.2, -0.15) is 0 Å². The summed E-state index contributed by atoms with van der Waals surface area (Å²) >= 11 is 0. The van der Waals surface area contributed by atoms with Crippen molar-refractivity contribution in [2.75, 3.05) is 12.8 Å². The summed E-state index contributed by atoms with van der Waals surface area (Å²) in [5, 5.41) is 3.43. The number of nitrogens with one attached hydrogen (secondary N) is 2. The van der Waals surface area contributed by atoms with E-state index >= 15 is 0 Å². The molecule has 0 saturated heterocycles. The minimum Gasteiger partial charge on any atom is -0.312 e. The predicted octanol–water partition coefficient (Wildman–Crippen LogP) is 0.312. The molecule has 0 amide bonds. The van der Waals surface area contributed by atoms with Crippen LogP contribution in [-0.2, 0) is 10.0 Å². The van der Waals surface area contributed by atoms with Crippen molar-refractivity contribution < 1.29 is 8.42 Å². The van der Waals surface area contributed by atoms with Gasteiger partial charge in [-0.1, -0.05) is 13.8 Å². The van der Waals surface area contributed by atoms with Crippen molar-refractivity contribution in [1.82, 2.24) is 10.0 Å². The molecule has 0 spiro atoms. The fourth-order valence-electron chi connectivity index (χ4n) is 1.78. The number of hydrogen-bond acceptors (Lipinski definition) is 3. The zero-order chi connectivity index (χ0) is 10.8. The van der Waals surface area contributed by atoms with Crippen molar-refractivity contribution in [3.05, 3.63) is 0 Å². The van der Waals surface area contributed by atoms with Crippen molar-refractivity contribution in [1.29, 1.82) is 0 Å². The van der Waals surface area contributed by atoms with Gasteiger partial charge in [0.15, 0.2) is 0 Å². The van der Waals surface area contributed by atoms with Gasteiger partial charge in [0.1, 0.15) is 0 Å². The Bertz CT molecular complexity index is 269. The largest absolute Gasteiger partial charge is 0.312 e. The van der Waals surface area contributed by atoms with Crippen molar-refractivity contribution in [2.24, 2.45) is 5.92 Å². The molecule has 0 bridgehead atoms. The zero-order valence-electron chi connectivity index (χ0n) is 9.08. The lowest BCUT2D eigenvalue weighted by molar-refractivity contribution is 0.214. The van der Waals surface area contributed by atoms with Gasteiger partial charge in [-0.25, -0.2) is 13.1 Å². The average molecular weight is 220 g/mol. The minimum atomic E-state index is -3.01. The van der Waals surface area contributed by atoms with E-state index in [4.69, 9.17) is 0 Å². The van der Waals surface area contributed by atoms with Crippen LogP contribution in [0.2, 0.25) is 0 Å². The molecule has 0 unspecified atom stereocenters. The Labute approximate surface area is 86.5 Å². The first-order chi connectivity index (χ1) is 6.37. The average Bonchev–Trinajstić information content (AvgIpc) is 1.90. The van der Waals surface area contributed by atoms with Crippen LogP contribution in [0.15, 0.2) is 0 Å². The molecule has 14 heavy (non-hydrogen) atoms. The molecule has 1 aliphatic rings. The lowest BCUT2D eigenvalue weighted by Crippen LogP contribution is -2.47. The Balaban J connectivity index is 2.10. The van der Waals surface area contributed by atoms with Crippen molar-refractivity contribution >= 4 is 10.0 Å². The highest BCUT2D eigenvalue weighted by molar-refractivity contribution is 7.88. The summed E-state index contributed by atoms with van der Waals surface area (Å²) in [4.78, 5) is 0. The maximum Gasteiger partial charge on any atom is 0.208 e. The zero-order valence-corrected chi connectivity index (χ0v) is 9.89. The van der Waals surface area contributed by atoms with E-state index < -0.39 is 10.0 Å². The molecule has 1 fully saturated rings. The summed E-state index contributed by atoms with van der Waals surface area (Å²) in [6.07, 6.45) is 3.37. The summed E-state index contributed by atoms with van der Waals surface area (Å²) in [6, 6.07) is 1.10. The fraction of sp³-hybridized carbons (Fsp3) is 1.00. The topological polar surface area (TPSA) is 58.2 Å². The van der Waals surface area contributed by atoms with E-state index in [0.717, 1.165) is 12.8 Å². The number of rotatable bonds is 5. The standard InChI is InChI=1S/C9H20N2O2S/c1-7(2)11-9-4-8(5-9)6-10-14(3,12)13/h7-11H,4-6H2,1-3H3/t8-,9+. The van der Waals surface area contributed by atoms with E-state index in [9.17, 15) is 8.42 Å². The van der Waals surface area contributed by atoms with Crippen molar-refractivity contribution in [2.45, 2.75) is 38.8 Å². The second-order valence-corrected chi connectivity index (χ2v) is 6.31. The molecule has 1 saturated carbocycles. The van der Waals surface area contributed by atoms with Gasteiger partial charge in [0, 0.05) is 18.6 Å². The van der Waals surface area contributed by atoms with Crippen LogP contribution in [-0.4, -0.2) is 33.3 Å². The van der Waals surface area contributed by atoms with Crippen LogP contribution < -0.4 is 10.0 Å². The molecule has 4 nitrogen and oxygen atoms in total. The van der Waals surface area contributed by atoms with Crippen molar-refractivity contribution in [3.8, 4) is 0 Å². The number of hydrogen-bond donors (Lipinski definition) is 2. The van der Waals surface area contributed by atoms with Crippen LogP contribution in [0.25, 0.3) is 0 Å². The molecule has 0 radical (unpaired) electrons. The molecule has 0 atom stereocenters. The maximum atomic E-state index is 10.8. The monoisotopic (exact) mass is 220 g/mol. The predicted molar refractivity (Wildman–Crippen MR) is 57.6 cm³/mol. The van der Waals surface area contributed by atoms with E-state index in [2.05, 4.69) is 23.9 Å². The van der Waals surface area contributed by atoms with Crippen LogP contribution in [0.5, 0.6) is 0 Å². The maximum absolute atomic E-state index is 10.8. The van der Waals surface area contributed by atoms with E-state index in [-0.39, 0.29) is 0 Å². The highest BCUT2D eigenvalue weighted by atomic mass is 32.2. The summed E-state index contributed by atoms with van der Waals surface area (Å²) in [7, 11) is -3.01. The lowest BCUT2D eigenvalue weighted by Gasteiger charge is -2.37. The second-order valence-electron chi connectivity index (χ2n) is 4.48. The molecule has 1 aliphatic carbocycles. The third-order valence-corrected chi connectivity index (χ3v) is 3.13. The van der Waals surface area contributed by atoms with Crippen LogP contribution in [0.1, 0.15) is 26.7 Å². The highest BCUT2D eigenvalue weighted by Gasteiger charge is 2.29. The summed E-state index contributed by atoms with van der Waals surface area (Å²) in [5.41, 5.74) is 0. The van der Waals surface area contributed by atoms with Gasteiger partial charge in [-0.05, 0) is 18.8 Å². The SMILES string of the molecule is CC(C)N[C@H]1C[C@@H](CNS(C)(=O)=O)C1. The smallest absolute Gasteiger partial charge is 0.208 e. The molecular weight excluding hydrogens is 200 g/mol. The molecular formula is C9H20N2O2S. The molecule has 0 aromatic heterocycles. The molecule has 0 aromatic rings. The van der Waals surface area contributed by atoms with Gasteiger partial charge in [0.25, 0.3) is 0 Å². The third kappa shape index (κ3) is 4.39. The molecule has 0 heterocycles. The van der Waals surface area contributed by atoms with E-state index in [1.54, 1.807) is 0 Å². The van der Waals surface area contributed by atoms with Crippen LogP contribution in [0, 0.1) is 5.92 Å². The van der Waals surface area contributed by atoms with Gasteiger partial charge in [-0.3, -0.25) is 0 Å². The van der Waals surface area contributed by atoms with Gasteiger partial charge in [-0.15, -0.1) is 0 Å². The van der Waals surface area contributed by atoms with E-state index in [0.29, 0.717) is 24.5 Å². The molecule has 0 aromatic carbocycles. The summed E-state index contributed by atoms with van der Waals surface area (Å²) in [6.45, 7) is 4.85. The fourth-order valence-corrected chi connectivity index (χ4v) is 2.32. The first-order valence-corrected chi connectivity index (χ1v) is 6.96. The van der Waals surface area contributed by atoms with Gasteiger partial charge in [0.2, 0.25) is 10.0 Å². The molecule has 2 N–H and O–H groups in total. The third-order valence-electron chi connectivity index (χ3n) is 2.44. The minimum absolute atomic E-state index is 0.515. The second kappa shape index (κ2) is 4.59. The van der Waals surface area contributed by atoms with Crippen LogP contribution >= 0.6 is 0 Å². The van der Waals surface area contributed by atoms with Crippen LogP contribution in [0.3, 0.4) is 0 Å². The Hall–Kier alpha value is -0.130. The lowest BCUT2D eigenvalue weighted by atomic mass is 9.80. The van der Waals surface area contributed by atoms with Gasteiger partial charge in [0.05, 0.1) is 6.26 Å². The molecule has 0 aliphatic heterocycles. The highest BCUT2D eigenvalue weighted by Crippen LogP contribution is 2.26. The first-order valence-electron chi connectivity index (χ1n) is 5.07.